The number of benzene rings is 1. The number of hydrogen-bond donors (Lipinski definition) is 1. The summed E-state index contributed by atoms with van der Waals surface area (Å²) in [5.74, 6) is -1.25. The summed E-state index contributed by atoms with van der Waals surface area (Å²) >= 11 is 0. The number of alkyl halides is 3. The fourth-order valence-corrected chi connectivity index (χ4v) is 2.54. The number of carboxylic acids is 1. The van der Waals surface area contributed by atoms with Gasteiger partial charge in [-0.15, -0.1) is 0 Å². The molecule has 1 fully saturated rings. The molecule has 1 N–H and O–H groups in total. The molecule has 1 unspecified atom stereocenters. The van der Waals surface area contributed by atoms with Gasteiger partial charge in [-0.25, -0.2) is 14.8 Å². The molecule has 2 heterocycles. The maximum absolute atomic E-state index is 12.7. The molecule has 3 rings (SSSR count). The quantitative estimate of drug-likeness (QED) is 0.871. The van der Waals surface area contributed by atoms with Gasteiger partial charge in [0, 0.05) is 12.2 Å². The number of aromatic carboxylic acids is 1. The first-order valence-electron chi connectivity index (χ1n) is 7.87. The van der Waals surface area contributed by atoms with Crippen molar-refractivity contribution in [1.82, 2.24) is 9.97 Å². The molecule has 1 atom stereocenters. The highest BCUT2D eigenvalue weighted by molar-refractivity contribution is 5.86. The Hall–Kier alpha value is -2.68. The zero-order valence-corrected chi connectivity index (χ0v) is 13.5. The van der Waals surface area contributed by atoms with Gasteiger partial charge in [-0.05, 0) is 25.0 Å². The topological polar surface area (TPSA) is 81.5 Å². The molecule has 138 valence electrons. The lowest BCUT2D eigenvalue weighted by Crippen LogP contribution is -2.17. The Morgan fingerprint density at radius 3 is 2.62 bits per heavy atom. The van der Waals surface area contributed by atoms with Crippen LogP contribution in [0.4, 0.5) is 13.2 Å². The fraction of sp³-hybridized carbons (Fsp3) is 0.353. The minimum absolute atomic E-state index is 0.0465. The minimum atomic E-state index is -4.47. The number of aromatic nitrogens is 2. The van der Waals surface area contributed by atoms with Gasteiger partial charge in [-0.3, -0.25) is 0 Å². The van der Waals surface area contributed by atoms with Crippen LogP contribution in [-0.2, 0) is 10.9 Å². The molecule has 0 spiro atoms. The van der Waals surface area contributed by atoms with Crippen LogP contribution in [0.1, 0.15) is 28.9 Å². The summed E-state index contributed by atoms with van der Waals surface area (Å²) in [5.41, 5.74) is -0.803. The third kappa shape index (κ3) is 4.10. The van der Waals surface area contributed by atoms with E-state index in [4.69, 9.17) is 14.6 Å². The van der Waals surface area contributed by atoms with E-state index in [-0.39, 0.29) is 35.5 Å². The zero-order chi connectivity index (χ0) is 18.7. The van der Waals surface area contributed by atoms with Gasteiger partial charge in [0.15, 0.2) is 5.69 Å². The smallest absolute Gasteiger partial charge is 0.416 e. The summed E-state index contributed by atoms with van der Waals surface area (Å²) in [6.45, 7) is 0.845. The van der Waals surface area contributed by atoms with E-state index in [1.54, 1.807) is 0 Å². The van der Waals surface area contributed by atoms with Gasteiger partial charge in [0.1, 0.15) is 12.3 Å². The fourth-order valence-electron chi connectivity index (χ4n) is 2.54. The van der Waals surface area contributed by atoms with Crippen LogP contribution in [-0.4, -0.2) is 40.4 Å². The lowest BCUT2D eigenvalue weighted by atomic mass is 10.1. The van der Waals surface area contributed by atoms with Crippen molar-refractivity contribution in [2.45, 2.75) is 25.1 Å². The SMILES string of the molecule is O=C(O)c1cnc(OCC2CCCO2)c(-c2ccc(C(F)(F)F)cc2)n1. The normalized spacial score (nSPS) is 17.3. The maximum atomic E-state index is 12.7. The highest BCUT2D eigenvalue weighted by Gasteiger charge is 2.30. The summed E-state index contributed by atoms with van der Waals surface area (Å²) in [4.78, 5) is 19.1. The van der Waals surface area contributed by atoms with Crippen molar-refractivity contribution in [2.24, 2.45) is 0 Å². The molecule has 9 heteroatoms. The van der Waals surface area contributed by atoms with E-state index in [1.807, 2.05) is 0 Å². The molecule has 1 aliphatic heterocycles. The van der Waals surface area contributed by atoms with Crippen LogP contribution < -0.4 is 4.74 Å². The molecule has 2 aromatic rings. The standard InChI is InChI=1S/C17H15F3N2O4/c18-17(19,20)11-5-3-10(4-6-11)14-15(21-8-13(22-14)16(23)24)26-9-12-2-1-7-25-12/h3-6,8,12H,1-2,7,9H2,(H,23,24). The Balaban J connectivity index is 1.91. The van der Waals surface area contributed by atoms with Crippen LogP contribution in [0, 0.1) is 0 Å². The van der Waals surface area contributed by atoms with Gasteiger partial charge in [-0.2, -0.15) is 13.2 Å². The molecular weight excluding hydrogens is 353 g/mol. The Kier molecular flexibility index (Phi) is 5.08. The summed E-state index contributed by atoms with van der Waals surface area (Å²) in [7, 11) is 0. The third-order valence-corrected chi connectivity index (χ3v) is 3.87. The molecule has 0 saturated carbocycles. The molecular formula is C17H15F3N2O4. The molecule has 0 aliphatic carbocycles. The minimum Gasteiger partial charge on any atom is -0.476 e. The Morgan fingerprint density at radius 2 is 2.04 bits per heavy atom. The van der Waals surface area contributed by atoms with Crippen LogP contribution in [0.2, 0.25) is 0 Å². The van der Waals surface area contributed by atoms with E-state index < -0.39 is 17.7 Å². The first-order chi connectivity index (χ1) is 12.3. The first kappa shape index (κ1) is 18.1. The zero-order valence-electron chi connectivity index (χ0n) is 13.5. The van der Waals surface area contributed by atoms with E-state index in [1.165, 1.54) is 12.1 Å². The Labute approximate surface area is 146 Å². The van der Waals surface area contributed by atoms with Crippen LogP contribution in [0.5, 0.6) is 5.88 Å². The summed E-state index contributed by atoms with van der Waals surface area (Å²) in [5, 5.41) is 9.09. The molecule has 1 saturated heterocycles. The molecule has 1 aromatic heterocycles. The molecule has 0 bridgehead atoms. The van der Waals surface area contributed by atoms with Crippen LogP contribution in [0.25, 0.3) is 11.3 Å². The van der Waals surface area contributed by atoms with E-state index >= 15 is 0 Å². The van der Waals surface area contributed by atoms with E-state index in [9.17, 15) is 18.0 Å². The molecule has 26 heavy (non-hydrogen) atoms. The second kappa shape index (κ2) is 7.28. The summed E-state index contributed by atoms with van der Waals surface area (Å²) in [6, 6.07) is 4.21. The van der Waals surface area contributed by atoms with Gasteiger partial charge in [-0.1, -0.05) is 12.1 Å². The van der Waals surface area contributed by atoms with Gasteiger partial charge in [0.2, 0.25) is 5.88 Å². The number of hydrogen-bond acceptors (Lipinski definition) is 5. The largest absolute Gasteiger partial charge is 0.476 e. The summed E-state index contributed by atoms with van der Waals surface area (Å²) in [6.07, 6.45) is -1.77. The van der Waals surface area contributed by atoms with E-state index in [0.29, 0.717) is 6.61 Å². The van der Waals surface area contributed by atoms with Crippen molar-refractivity contribution >= 4 is 5.97 Å². The highest BCUT2D eigenvalue weighted by Crippen LogP contribution is 2.32. The number of ether oxygens (including phenoxy) is 2. The van der Waals surface area contributed by atoms with Crippen LogP contribution >= 0.6 is 0 Å². The highest BCUT2D eigenvalue weighted by atomic mass is 19.4. The van der Waals surface area contributed by atoms with Gasteiger partial charge >= 0.3 is 12.1 Å². The number of carboxylic acid groups (broad SMARTS) is 1. The maximum Gasteiger partial charge on any atom is 0.416 e. The van der Waals surface area contributed by atoms with Crippen molar-refractivity contribution in [3.05, 3.63) is 41.7 Å². The van der Waals surface area contributed by atoms with Crippen LogP contribution in [0.15, 0.2) is 30.5 Å². The summed E-state index contributed by atoms with van der Waals surface area (Å²) < 4.78 is 49.2. The van der Waals surface area contributed by atoms with Gasteiger partial charge in [0.25, 0.3) is 0 Å². The van der Waals surface area contributed by atoms with E-state index in [2.05, 4.69) is 9.97 Å². The van der Waals surface area contributed by atoms with Crippen molar-refractivity contribution < 1.29 is 32.5 Å². The monoisotopic (exact) mass is 368 g/mol. The predicted octanol–water partition coefficient (Wildman–Crippen LogP) is 3.42. The number of carbonyl (C=O) groups is 1. The van der Waals surface area contributed by atoms with Crippen molar-refractivity contribution in [1.29, 1.82) is 0 Å². The number of nitrogens with zero attached hydrogens (tertiary/aromatic N) is 2. The van der Waals surface area contributed by atoms with Gasteiger partial charge in [0.05, 0.1) is 17.9 Å². The second-order valence-corrected chi connectivity index (χ2v) is 5.74. The lowest BCUT2D eigenvalue weighted by Gasteiger charge is -2.14. The molecule has 1 aromatic carbocycles. The average Bonchev–Trinajstić information content (AvgIpc) is 3.12. The predicted molar refractivity (Wildman–Crippen MR) is 83.9 cm³/mol. The second-order valence-electron chi connectivity index (χ2n) is 5.74. The van der Waals surface area contributed by atoms with E-state index in [0.717, 1.165) is 31.2 Å². The first-order valence-corrected chi connectivity index (χ1v) is 7.87. The van der Waals surface area contributed by atoms with Crippen molar-refractivity contribution in [2.75, 3.05) is 13.2 Å². The van der Waals surface area contributed by atoms with Gasteiger partial charge < -0.3 is 14.6 Å². The molecule has 0 radical (unpaired) electrons. The molecule has 1 aliphatic rings. The van der Waals surface area contributed by atoms with Crippen molar-refractivity contribution in [3.63, 3.8) is 0 Å². The average molecular weight is 368 g/mol. The Bertz CT molecular complexity index is 788. The number of halogens is 3. The third-order valence-electron chi connectivity index (χ3n) is 3.87. The lowest BCUT2D eigenvalue weighted by molar-refractivity contribution is -0.137. The van der Waals surface area contributed by atoms with Crippen molar-refractivity contribution in [3.8, 4) is 17.1 Å². The Morgan fingerprint density at radius 1 is 1.31 bits per heavy atom. The molecule has 6 nitrogen and oxygen atoms in total. The van der Waals surface area contributed by atoms with Crippen LogP contribution in [0.3, 0.4) is 0 Å². The number of rotatable bonds is 5. The molecule has 0 amide bonds.